The lowest BCUT2D eigenvalue weighted by molar-refractivity contribution is -0.0879. The molecule has 4 rings (SSSR count). The summed E-state index contributed by atoms with van der Waals surface area (Å²) in [7, 11) is 1.81. The van der Waals surface area contributed by atoms with Gasteiger partial charge in [0.05, 0.1) is 24.9 Å². The summed E-state index contributed by atoms with van der Waals surface area (Å²) in [5, 5.41) is 10.1. The zero-order valence-electron chi connectivity index (χ0n) is 14.9. The van der Waals surface area contributed by atoms with Crippen LogP contribution in [0.25, 0.3) is 0 Å². The van der Waals surface area contributed by atoms with Gasteiger partial charge in [0.15, 0.2) is 0 Å². The van der Waals surface area contributed by atoms with Crippen LogP contribution in [0.5, 0.6) is 0 Å². The van der Waals surface area contributed by atoms with E-state index < -0.39 is 0 Å². The third-order valence-corrected chi connectivity index (χ3v) is 6.04. The van der Waals surface area contributed by atoms with Crippen molar-refractivity contribution in [2.24, 2.45) is 0 Å². The van der Waals surface area contributed by atoms with E-state index in [1.54, 1.807) is 0 Å². The molecule has 138 valence electrons. The van der Waals surface area contributed by atoms with E-state index in [2.05, 4.69) is 19.8 Å². The van der Waals surface area contributed by atoms with Crippen molar-refractivity contribution in [3.63, 3.8) is 0 Å². The highest BCUT2D eigenvalue weighted by molar-refractivity contribution is 5.30. The molecule has 2 aliphatic heterocycles. The van der Waals surface area contributed by atoms with E-state index in [1.165, 1.54) is 0 Å². The molecule has 0 unspecified atom stereocenters. The number of nitrogens with zero attached hydrogens (tertiary/aromatic N) is 4. The normalized spacial score (nSPS) is 33.4. The van der Waals surface area contributed by atoms with E-state index in [0.29, 0.717) is 0 Å². The molecule has 1 aromatic heterocycles. The number of methoxy groups -OCH3 is 1. The van der Waals surface area contributed by atoms with Crippen LogP contribution in [0.4, 0.5) is 5.95 Å². The minimum Gasteiger partial charge on any atom is -0.393 e. The number of ether oxygens (including phenoxy) is 2. The number of anilines is 1. The molecule has 3 heterocycles. The highest BCUT2D eigenvalue weighted by Gasteiger charge is 2.50. The van der Waals surface area contributed by atoms with Gasteiger partial charge in [-0.3, -0.25) is 4.90 Å². The molecule has 3 atom stereocenters. The Bertz CT molecular complexity index is 578. The van der Waals surface area contributed by atoms with Gasteiger partial charge < -0.3 is 19.5 Å². The van der Waals surface area contributed by atoms with Crippen molar-refractivity contribution in [1.29, 1.82) is 0 Å². The third-order valence-electron chi connectivity index (χ3n) is 6.04. The number of hydrogen-bond donors (Lipinski definition) is 1. The fraction of sp³-hybridized carbons (Fsp3) is 0.778. The first-order valence-electron chi connectivity index (χ1n) is 9.31. The van der Waals surface area contributed by atoms with E-state index in [-0.39, 0.29) is 17.7 Å². The standard InChI is InChI=1S/C18H28N4O3/c1-24-18-3-2-15(23)10-16(18)22(5-4-18)13-14-11-19-17(20-12-14)21-6-8-25-9-7-21/h11-12,15-16,23H,2-10,13H2,1H3/t15-,16-,18+/m0/s1. The van der Waals surface area contributed by atoms with Gasteiger partial charge in [0.25, 0.3) is 0 Å². The summed E-state index contributed by atoms with van der Waals surface area (Å²) in [6.07, 6.45) is 7.27. The zero-order chi connectivity index (χ0) is 17.3. The molecular weight excluding hydrogens is 320 g/mol. The van der Waals surface area contributed by atoms with Crippen LogP contribution in [0.1, 0.15) is 31.2 Å². The molecule has 3 aliphatic rings. The van der Waals surface area contributed by atoms with Gasteiger partial charge in [0.2, 0.25) is 5.95 Å². The summed E-state index contributed by atoms with van der Waals surface area (Å²) in [6, 6.07) is 0.278. The van der Waals surface area contributed by atoms with Crippen LogP contribution < -0.4 is 4.90 Å². The van der Waals surface area contributed by atoms with E-state index in [9.17, 15) is 5.11 Å². The predicted molar refractivity (Wildman–Crippen MR) is 93.5 cm³/mol. The Balaban J connectivity index is 1.43. The number of fused-ring (bicyclic) bond motifs is 1. The Morgan fingerprint density at radius 2 is 2.00 bits per heavy atom. The van der Waals surface area contributed by atoms with Crippen molar-refractivity contribution >= 4 is 5.95 Å². The van der Waals surface area contributed by atoms with Crippen molar-refractivity contribution in [3.8, 4) is 0 Å². The largest absolute Gasteiger partial charge is 0.393 e. The summed E-state index contributed by atoms with van der Waals surface area (Å²) in [4.78, 5) is 13.7. The molecule has 0 aromatic carbocycles. The average Bonchev–Trinajstić information content (AvgIpc) is 3.01. The van der Waals surface area contributed by atoms with Gasteiger partial charge in [0, 0.05) is 57.3 Å². The molecule has 25 heavy (non-hydrogen) atoms. The maximum absolute atomic E-state index is 10.1. The maximum Gasteiger partial charge on any atom is 0.225 e. The van der Waals surface area contributed by atoms with Crippen molar-refractivity contribution < 1.29 is 14.6 Å². The van der Waals surface area contributed by atoms with Gasteiger partial charge in [-0.15, -0.1) is 0 Å². The molecule has 1 aliphatic carbocycles. The lowest BCUT2D eigenvalue weighted by Crippen LogP contribution is -2.51. The van der Waals surface area contributed by atoms with Crippen molar-refractivity contribution in [2.45, 2.75) is 50.0 Å². The number of likely N-dealkylation sites (tertiary alicyclic amines) is 1. The smallest absolute Gasteiger partial charge is 0.225 e. The van der Waals surface area contributed by atoms with Gasteiger partial charge in [0.1, 0.15) is 0 Å². The number of aliphatic hydroxyl groups excluding tert-OH is 1. The van der Waals surface area contributed by atoms with Crippen LogP contribution >= 0.6 is 0 Å². The lowest BCUT2D eigenvalue weighted by Gasteiger charge is -2.42. The van der Waals surface area contributed by atoms with Gasteiger partial charge in [-0.05, 0) is 25.7 Å². The van der Waals surface area contributed by atoms with E-state index in [0.717, 1.165) is 76.6 Å². The topological polar surface area (TPSA) is 71.0 Å². The highest BCUT2D eigenvalue weighted by atomic mass is 16.5. The molecule has 0 bridgehead atoms. The number of morpholine rings is 1. The van der Waals surface area contributed by atoms with Crippen molar-refractivity contribution in [1.82, 2.24) is 14.9 Å². The molecule has 0 amide bonds. The minimum absolute atomic E-state index is 0.0895. The van der Waals surface area contributed by atoms with Crippen molar-refractivity contribution in [3.05, 3.63) is 18.0 Å². The Morgan fingerprint density at radius 1 is 1.24 bits per heavy atom. The summed E-state index contributed by atoms with van der Waals surface area (Å²) in [6.45, 7) is 4.98. The number of rotatable bonds is 4. The molecule has 0 spiro atoms. The summed E-state index contributed by atoms with van der Waals surface area (Å²) < 4.78 is 11.3. The second-order valence-electron chi connectivity index (χ2n) is 7.42. The Kier molecular flexibility index (Phi) is 4.90. The first kappa shape index (κ1) is 17.1. The van der Waals surface area contributed by atoms with Crippen molar-refractivity contribution in [2.75, 3.05) is 44.9 Å². The number of aliphatic hydroxyl groups is 1. The van der Waals surface area contributed by atoms with Gasteiger partial charge in [-0.1, -0.05) is 0 Å². The summed E-state index contributed by atoms with van der Waals surface area (Å²) in [5.41, 5.74) is 1.03. The molecular formula is C18H28N4O3. The average molecular weight is 348 g/mol. The molecule has 2 saturated heterocycles. The lowest BCUT2D eigenvalue weighted by atomic mass is 9.79. The summed E-state index contributed by atoms with van der Waals surface area (Å²) >= 11 is 0. The molecule has 7 nitrogen and oxygen atoms in total. The van der Waals surface area contributed by atoms with Crippen LogP contribution in [0.3, 0.4) is 0 Å². The minimum atomic E-state index is -0.214. The molecule has 3 fully saturated rings. The first-order valence-corrected chi connectivity index (χ1v) is 9.31. The molecule has 7 heteroatoms. The zero-order valence-corrected chi connectivity index (χ0v) is 14.9. The van der Waals surface area contributed by atoms with Gasteiger partial charge in [-0.2, -0.15) is 0 Å². The number of aromatic nitrogens is 2. The third kappa shape index (κ3) is 3.38. The van der Waals surface area contributed by atoms with E-state index >= 15 is 0 Å². The molecule has 0 radical (unpaired) electrons. The fourth-order valence-electron chi connectivity index (χ4n) is 4.55. The SMILES string of the molecule is CO[C@@]12CC[C@H](O)C[C@@H]1N(Cc1cnc(N3CCOCC3)nc1)CC2. The van der Waals surface area contributed by atoms with E-state index in [4.69, 9.17) is 9.47 Å². The Morgan fingerprint density at radius 3 is 2.72 bits per heavy atom. The molecule has 1 aromatic rings. The second kappa shape index (κ2) is 7.15. The molecule has 1 saturated carbocycles. The highest BCUT2D eigenvalue weighted by Crippen LogP contribution is 2.42. The van der Waals surface area contributed by atoms with Crippen LogP contribution in [-0.2, 0) is 16.0 Å². The van der Waals surface area contributed by atoms with Gasteiger partial charge in [-0.25, -0.2) is 9.97 Å². The van der Waals surface area contributed by atoms with Crippen LogP contribution in [0.2, 0.25) is 0 Å². The Labute approximate surface area is 149 Å². The van der Waals surface area contributed by atoms with Gasteiger partial charge >= 0.3 is 0 Å². The second-order valence-corrected chi connectivity index (χ2v) is 7.42. The van der Waals surface area contributed by atoms with E-state index in [1.807, 2.05) is 19.5 Å². The summed E-state index contributed by atoms with van der Waals surface area (Å²) in [5.74, 6) is 0.785. The number of hydrogen-bond acceptors (Lipinski definition) is 7. The molecule has 1 N–H and O–H groups in total. The maximum atomic E-state index is 10.1. The fourth-order valence-corrected chi connectivity index (χ4v) is 4.55. The van der Waals surface area contributed by atoms with Crippen LogP contribution in [0.15, 0.2) is 12.4 Å². The Hall–Kier alpha value is -1.28. The quantitative estimate of drug-likeness (QED) is 0.864. The first-order chi connectivity index (χ1) is 12.2. The predicted octanol–water partition coefficient (Wildman–Crippen LogP) is 0.817. The van der Waals surface area contributed by atoms with Crippen LogP contribution in [-0.4, -0.2) is 77.7 Å². The van der Waals surface area contributed by atoms with Crippen LogP contribution in [0, 0.1) is 0 Å². The monoisotopic (exact) mass is 348 g/mol.